The lowest BCUT2D eigenvalue weighted by molar-refractivity contribution is 0.00197. The summed E-state index contributed by atoms with van der Waals surface area (Å²) in [5.74, 6) is 2.50. The van der Waals surface area contributed by atoms with Gasteiger partial charge in [-0.2, -0.15) is 4.98 Å². The maximum atomic E-state index is 11.5. The Balaban J connectivity index is 1.41. The van der Waals surface area contributed by atoms with Crippen LogP contribution in [0.4, 0.5) is 0 Å². The molecule has 4 rings (SSSR count). The van der Waals surface area contributed by atoms with Crippen LogP contribution in [0.3, 0.4) is 0 Å². The van der Waals surface area contributed by atoms with Gasteiger partial charge in [-0.15, -0.1) is 0 Å². The molecule has 1 N–H and O–H groups in total. The Labute approximate surface area is 154 Å². The maximum absolute atomic E-state index is 11.5. The fourth-order valence-corrected chi connectivity index (χ4v) is 5.41. The number of sulfonamides is 1. The van der Waals surface area contributed by atoms with Crippen molar-refractivity contribution < 1.29 is 17.7 Å². The van der Waals surface area contributed by atoms with E-state index in [2.05, 4.69) is 33.6 Å². The van der Waals surface area contributed by atoms with Gasteiger partial charge in [0, 0.05) is 37.9 Å². The van der Waals surface area contributed by atoms with Gasteiger partial charge in [0.15, 0.2) is 5.82 Å². The third-order valence-electron chi connectivity index (χ3n) is 5.89. The summed E-state index contributed by atoms with van der Waals surface area (Å²) < 4.78 is 37.3. The van der Waals surface area contributed by atoms with Gasteiger partial charge in [-0.1, -0.05) is 19.0 Å². The molecule has 0 amide bonds. The van der Waals surface area contributed by atoms with Crippen molar-refractivity contribution in [2.45, 2.75) is 51.4 Å². The van der Waals surface area contributed by atoms with Gasteiger partial charge in [0.25, 0.3) is 0 Å². The van der Waals surface area contributed by atoms with E-state index in [9.17, 15) is 8.42 Å². The second kappa shape index (κ2) is 6.54. The Bertz CT molecular complexity index is 765. The molecule has 3 aliphatic rings. The van der Waals surface area contributed by atoms with Crippen molar-refractivity contribution in [2.24, 2.45) is 17.8 Å². The zero-order valence-electron chi connectivity index (χ0n) is 15.6. The first-order valence-electron chi connectivity index (χ1n) is 9.40. The lowest BCUT2D eigenvalue weighted by Crippen LogP contribution is -2.41. The SMILES string of the molecule is CC(C)Cc1nc(CN2C[C@@H]3[C@H](CNS(C)(=O)=O)[C@H]4CC[C@]3(C2)O4)no1. The van der Waals surface area contributed by atoms with Crippen LogP contribution in [0.2, 0.25) is 0 Å². The van der Waals surface area contributed by atoms with Crippen molar-refractivity contribution in [3.8, 4) is 0 Å². The Kier molecular flexibility index (Phi) is 4.61. The van der Waals surface area contributed by atoms with Crippen molar-refractivity contribution >= 4 is 10.0 Å². The summed E-state index contributed by atoms with van der Waals surface area (Å²) in [5, 5.41) is 4.11. The third-order valence-corrected chi connectivity index (χ3v) is 6.58. The molecule has 3 aliphatic heterocycles. The number of hydrogen-bond acceptors (Lipinski definition) is 7. The molecule has 0 aliphatic carbocycles. The van der Waals surface area contributed by atoms with Crippen LogP contribution in [-0.4, -0.2) is 61.1 Å². The predicted molar refractivity (Wildman–Crippen MR) is 94.8 cm³/mol. The average Bonchev–Trinajstić information content (AvgIpc) is 3.24. The molecule has 0 saturated carbocycles. The molecular weight excluding hydrogens is 356 g/mol. The molecule has 1 spiro atoms. The molecule has 3 saturated heterocycles. The second-order valence-corrected chi connectivity index (χ2v) is 10.4. The van der Waals surface area contributed by atoms with Crippen molar-refractivity contribution in [1.82, 2.24) is 19.8 Å². The molecule has 1 aromatic rings. The molecular formula is C17H28N4O4S. The van der Waals surface area contributed by atoms with Gasteiger partial charge < -0.3 is 9.26 Å². The molecule has 3 fully saturated rings. The number of nitrogens with zero attached hydrogens (tertiary/aromatic N) is 3. The third kappa shape index (κ3) is 3.54. The molecule has 26 heavy (non-hydrogen) atoms. The van der Waals surface area contributed by atoms with E-state index in [1.54, 1.807) is 0 Å². The molecule has 0 unspecified atom stereocenters. The predicted octanol–water partition coefficient (Wildman–Crippen LogP) is 0.797. The smallest absolute Gasteiger partial charge is 0.226 e. The molecule has 4 heterocycles. The van der Waals surface area contributed by atoms with E-state index in [1.807, 2.05) is 0 Å². The highest BCUT2D eigenvalue weighted by molar-refractivity contribution is 7.88. The minimum atomic E-state index is -3.18. The molecule has 9 heteroatoms. The van der Waals surface area contributed by atoms with Gasteiger partial charge in [-0.05, 0) is 18.8 Å². The summed E-state index contributed by atoms with van der Waals surface area (Å²) in [6, 6.07) is 0. The van der Waals surface area contributed by atoms with Gasteiger partial charge in [0.2, 0.25) is 15.9 Å². The minimum Gasteiger partial charge on any atom is -0.370 e. The summed E-state index contributed by atoms with van der Waals surface area (Å²) in [6.07, 6.45) is 4.26. The van der Waals surface area contributed by atoms with E-state index in [0.717, 1.165) is 38.2 Å². The standard InChI is InChI=1S/C17H28N4O4S/c1-11(2)6-16-19-15(20-25-16)9-21-8-13-12(7-18-26(3,22)23)14-4-5-17(13,10-21)24-14/h11-14,18H,4-10H2,1-3H3/t12-,13+,14+,17+/m0/s1. The number of likely N-dealkylation sites (tertiary alicyclic amines) is 1. The first-order valence-corrected chi connectivity index (χ1v) is 11.3. The highest BCUT2D eigenvalue weighted by Crippen LogP contribution is 2.54. The highest BCUT2D eigenvalue weighted by atomic mass is 32.2. The van der Waals surface area contributed by atoms with Gasteiger partial charge in [-0.25, -0.2) is 13.1 Å². The monoisotopic (exact) mass is 384 g/mol. The first kappa shape index (κ1) is 18.3. The lowest BCUT2D eigenvalue weighted by Gasteiger charge is -2.29. The number of fused-ring (bicyclic) bond motifs is 1. The summed E-state index contributed by atoms with van der Waals surface area (Å²) in [5.41, 5.74) is -0.126. The average molecular weight is 385 g/mol. The van der Waals surface area contributed by atoms with Crippen LogP contribution in [0.5, 0.6) is 0 Å². The Hall–Kier alpha value is -1.03. The molecule has 146 valence electrons. The second-order valence-electron chi connectivity index (χ2n) is 8.52. The first-order chi connectivity index (χ1) is 12.2. The molecule has 0 radical (unpaired) electrons. The highest BCUT2D eigenvalue weighted by Gasteiger charge is 2.62. The Morgan fingerprint density at radius 1 is 1.42 bits per heavy atom. The van der Waals surface area contributed by atoms with Crippen molar-refractivity contribution in [1.29, 1.82) is 0 Å². The summed E-state index contributed by atoms with van der Waals surface area (Å²) in [7, 11) is -3.18. The van der Waals surface area contributed by atoms with Crippen LogP contribution in [-0.2, 0) is 27.7 Å². The molecule has 8 nitrogen and oxygen atoms in total. The fourth-order valence-electron chi connectivity index (χ4n) is 4.91. The minimum absolute atomic E-state index is 0.126. The van der Waals surface area contributed by atoms with E-state index in [-0.39, 0.29) is 17.6 Å². The summed E-state index contributed by atoms with van der Waals surface area (Å²) in [4.78, 5) is 6.83. The van der Waals surface area contributed by atoms with Crippen molar-refractivity contribution in [2.75, 3.05) is 25.9 Å². The molecule has 4 atom stereocenters. The van der Waals surface area contributed by atoms with E-state index in [4.69, 9.17) is 9.26 Å². The quantitative estimate of drug-likeness (QED) is 0.742. The number of nitrogens with one attached hydrogen (secondary N) is 1. The zero-order chi connectivity index (χ0) is 18.5. The number of ether oxygens (including phenoxy) is 1. The molecule has 0 aromatic carbocycles. The van der Waals surface area contributed by atoms with Gasteiger partial charge >= 0.3 is 0 Å². The topological polar surface area (TPSA) is 97.6 Å². The van der Waals surface area contributed by atoms with Crippen LogP contribution in [0.1, 0.15) is 38.4 Å². The normalized spacial score (nSPS) is 34.1. The number of aromatic nitrogens is 2. The van der Waals surface area contributed by atoms with Crippen LogP contribution < -0.4 is 4.72 Å². The summed E-state index contributed by atoms with van der Waals surface area (Å²) in [6.45, 7) is 7.12. The molecule has 1 aromatic heterocycles. The number of rotatable bonds is 7. The summed E-state index contributed by atoms with van der Waals surface area (Å²) >= 11 is 0. The van der Waals surface area contributed by atoms with Crippen LogP contribution in [0, 0.1) is 17.8 Å². The largest absolute Gasteiger partial charge is 0.370 e. The lowest BCUT2D eigenvalue weighted by atomic mass is 9.74. The van der Waals surface area contributed by atoms with Gasteiger partial charge in [-0.3, -0.25) is 4.90 Å². The van der Waals surface area contributed by atoms with Crippen LogP contribution in [0.25, 0.3) is 0 Å². The number of hydrogen-bond donors (Lipinski definition) is 1. The van der Waals surface area contributed by atoms with Gasteiger partial charge in [0.1, 0.15) is 0 Å². The van der Waals surface area contributed by atoms with E-state index in [0.29, 0.717) is 30.8 Å². The van der Waals surface area contributed by atoms with E-state index in [1.165, 1.54) is 6.26 Å². The van der Waals surface area contributed by atoms with Crippen LogP contribution >= 0.6 is 0 Å². The fraction of sp³-hybridized carbons (Fsp3) is 0.882. The van der Waals surface area contributed by atoms with Gasteiger partial charge in [0.05, 0.1) is 24.5 Å². The maximum Gasteiger partial charge on any atom is 0.226 e. The zero-order valence-corrected chi connectivity index (χ0v) is 16.5. The van der Waals surface area contributed by atoms with E-state index >= 15 is 0 Å². The van der Waals surface area contributed by atoms with Crippen molar-refractivity contribution in [3.05, 3.63) is 11.7 Å². The Morgan fingerprint density at radius 2 is 2.23 bits per heavy atom. The molecule has 2 bridgehead atoms. The Morgan fingerprint density at radius 3 is 2.96 bits per heavy atom. The van der Waals surface area contributed by atoms with Crippen molar-refractivity contribution in [3.63, 3.8) is 0 Å². The van der Waals surface area contributed by atoms with E-state index < -0.39 is 10.0 Å². The van der Waals surface area contributed by atoms with Crippen LogP contribution in [0.15, 0.2) is 4.52 Å².